The van der Waals surface area contributed by atoms with Crippen molar-refractivity contribution in [1.82, 2.24) is 9.97 Å². The number of para-hydroxylation sites is 1. The quantitative estimate of drug-likeness (QED) is 0.131. The van der Waals surface area contributed by atoms with Gasteiger partial charge in [0.15, 0.2) is 0 Å². The number of pyridine rings is 2. The van der Waals surface area contributed by atoms with E-state index in [-0.39, 0.29) is 20.1 Å². The Labute approximate surface area is 286 Å². The molecule has 0 atom stereocenters. The van der Waals surface area contributed by atoms with Crippen molar-refractivity contribution in [3.05, 3.63) is 152 Å². The molecule has 3 heterocycles. The number of benzene rings is 5. The standard InChI is InChI=1S/C27H16NO.C14H16GeN.Ir/c1-2-8-18(9-3-1)21-14-15-22(24-16-19-10-4-5-11-20(19)17-28-24)27-26(21)23-12-6-7-13-25(23)29-27;1-15(2,3)13-9-10-14(16-11-13)12-7-5-4-6-8-12;/h1-14,16-17H;4-7,9-11H,1-3H3;/q2*-1;. The van der Waals surface area contributed by atoms with Crippen LogP contribution in [-0.2, 0) is 20.1 Å². The third-order valence-electron chi connectivity index (χ3n) is 8.04. The summed E-state index contributed by atoms with van der Waals surface area (Å²) in [6.45, 7) is 0. The van der Waals surface area contributed by atoms with Gasteiger partial charge in [-0.05, 0) is 27.9 Å². The van der Waals surface area contributed by atoms with E-state index >= 15 is 0 Å². The first-order chi connectivity index (χ1) is 22.0. The maximum absolute atomic E-state index is 6.34. The fraction of sp³-hybridized carbons (Fsp3) is 0.0732. The van der Waals surface area contributed by atoms with Crippen LogP contribution in [-0.4, -0.2) is 23.2 Å². The molecule has 0 saturated heterocycles. The predicted molar refractivity (Wildman–Crippen MR) is 190 cm³/mol. The SMILES string of the molecule is [CH3][Ge]([CH3])([CH3])[c]1ccc(-c2[c-]cccc2)nc1.[Ir].[c-]1cc(-c2ccccc2)c2c(oc3ccccc32)c1-c1cc2ccccc2cn1. The minimum atomic E-state index is -1.72. The minimum absolute atomic E-state index is 0. The molecule has 1 radical (unpaired) electrons. The summed E-state index contributed by atoms with van der Waals surface area (Å²) in [7, 11) is 0. The summed E-state index contributed by atoms with van der Waals surface area (Å²) in [5.74, 6) is 7.14. The van der Waals surface area contributed by atoms with Crippen LogP contribution < -0.4 is 4.40 Å². The minimum Gasteiger partial charge on any atom is -0.501 e. The first kappa shape index (κ1) is 31.6. The Hall–Kier alpha value is -4.35. The molecule has 0 N–H and O–H groups in total. The monoisotopic (exact) mass is 835 g/mol. The van der Waals surface area contributed by atoms with Crippen molar-refractivity contribution in [1.29, 1.82) is 0 Å². The van der Waals surface area contributed by atoms with E-state index in [2.05, 4.69) is 107 Å². The van der Waals surface area contributed by atoms with E-state index in [0.717, 1.165) is 66.4 Å². The predicted octanol–water partition coefficient (Wildman–Crippen LogP) is 10.4. The van der Waals surface area contributed by atoms with Crippen LogP contribution in [0.4, 0.5) is 0 Å². The first-order valence-electron chi connectivity index (χ1n) is 15.2. The van der Waals surface area contributed by atoms with Gasteiger partial charge in [-0.2, -0.15) is 0 Å². The Balaban J connectivity index is 0.000000187. The second-order valence-corrected chi connectivity index (χ2v) is 22.8. The summed E-state index contributed by atoms with van der Waals surface area (Å²) in [6.07, 6.45) is 3.95. The molecule has 5 heteroatoms. The number of hydrogen-bond acceptors (Lipinski definition) is 3. The Morgan fingerprint density at radius 1 is 0.652 bits per heavy atom. The van der Waals surface area contributed by atoms with Crippen LogP contribution >= 0.6 is 0 Å². The van der Waals surface area contributed by atoms with E-state index in [1.807, 2.05) is 67.0 Å². The molecule has 0 bridgehead atoms. The summed E-state index contributed by atoms with van der Waals surface area (Å²) in [5.41, 5.74) is 7.81. The van der Waals surface area contributed by atoms with Gasteiger partial charge in [-0.3, -0.25) is 0 Å². The topological polar surface area (TPSA) is 38.9 Å². The molecule has 0 saturated carbocycles. The summed E-state index contributed by atoms with van der Waals surface area (Å²) < 4.78 is 7.79. The smallest absolute Gasteiger partial charge is 0.120 e. The molecule has 0 unspecified atom stereocenters. The van der Waals surface area contributed by atoms with E-state index in [1.54, 1.807) is 0 Å². The second-order valence-electron chi connectivity index (χ2n) is 12.1. The van der Waals surface area contributed by atoms with Crippen LogP contribution in [0.2, 0.25) is 17.3 Å². The average Bonchev–Trinajstić information content (AvgIpc) is 3.48. The summed E-state index contributed by atoms with van der Waals surface area (Å²) >= 11 is -1.72. The Bertz CT molecular complexity index is 2240. The molecule has 3 aromatic heterocycles. The van der Waals surface area contributed by atoms with Gasteiger partial charge in [-0.25, -0.2) is 0 Å². The number of nitrogens with zero attached hydrogens (tertiary/aromatic N) is 2. The molecule has 0 aliphatic rings. The fourth-order valence-corrected chi connectivity index (χ4v) is 7.75. The maximum Gasteiger partial charge on any atom is 0.120 e. The van der Waals surface area contributed by atoms with Crippen molar-refractivity contribution in [2.45, 2.75) is 17.3 Å². The third kappa shape index (κ3) is 6.47. The van der Waals surface area contributed by atoms with E-state index in [9.17, 15) is 0 Å². The van der Waals surface area contributed by atoms with Crippen LogP contribution in [0.1, 0.15) is 0 Å². The van der Waals surface area contributed by atoms with E-state index in [0.29, 0.717) is 0 Å². The molecule has 0 fully saturated rings. The third-order valence-corrected chi connectivity index (χ3v) is 12.3. The van der Waals surface area contributed by atoms with Crippen LogP contribution in [0, 0.1) is 12.1 Å². The van der Waals surface area contributed by atoms with Crippen molar-refractivity contribution >= 4 is 50.4 Å². The largest absolute Gasteiger partial charge is 0.501 e. The van der Waals surface area contributed by atoms with Gasteiger partial charge >= 0.3 is 99.8 Å². The second kappa shape index (κ2) is 13.6. The molecule has 8 aromatic rings. The number of fused-ring (bicyclic) bond motifs is 4. The molecular formula is C41H32GeIrN2O-2. The van der Waals surface area contributed by atoms with Crippen LogP contribution in [0.3, 0.4) is 0 Å². The van der Waals surface area contributed by atoms with Crippen molar-refractivity contribution < 1.29 is 24.5 Å². The van der Waals surface area contributed by atoms with Gasteiger partial charge in [0.05, 0.1) is 5.58 Å². The van der Waals surface area contributed by atoms with E-state index in [1.165, 1.54) is 4.40 Å². The van der Waals surface area contributed by atoms with Crippen LogP contribution in [0.5, 0.6) is 0 Å². The number of hydrogen-bond donors (Lipinski definition) is 0. The maximum atomic E-state index is 6.34. The number of aromatic nitrogens is 2. The van der Waals surface area contributed by atoms with Gasteiger partial charge in [0.1, 0.15) is 5.58 Å². The van der Waals surface area contributed by atoms with Crippen molar-refractivity contribution in [2.75, 3.05) is 0 Å². The molecule has 46 heavy (non-hydrogen) atoms. The van der Waals surface area contributed by atoms with Crippen molar-refractivity contribution in [3.63, 3.8) is 0 Å². The zero-order valence-electron chi connectivity index (χ0n) is 25.9. The zero-order valence-corrected chi connectivity index (χ0v) is 30.4. The molecule has 3 nitrogen and oxygen atoms in total. The molecule has 0 spiro atoms. The van der Waals surface area contributed by atoms with Gasteiger partial charge in [0.2, 0.25) is 0 Å². The van der Waals surface area contributed by atoms with E-state index in [4.69, 9.17) is 9.40 Å². The number of furan rings is 1. The summed E-state index contributed by atoms with van der Waals surface area (Å²) in [4.78, 5) is 9.24. The molecule has 0 aliphatic carbocycles. The Morgan fingerprint density at radius 2 is 1.37 bits per heavy atom. The number of rotatable bonds is 4. The van der Waals surface area contributed by atoms with Crippen LogP contribution in [0.15, 0.2) is 144 Å². The van der Waals surface area contributed by atoms with Gasteiger partial charge < -0.3 is 9.40 Å². The van der Waals surface area contributed by atoms with Gasteiger partial charge in [0, 0.05) is 31.7 Å². The van der Waals surface area contributed by atoms with Gasteiger partial charge in [-0.1, -0.05) is 95.6 Å². The van der Waals surface area contributed by atoms with Crippen molar-refractivity contribution in [3.8, 4) is 33.6 Å². The zero-order chi connectivity index (χ0) is 30.8. The Morgan fingerprint density at radius 3 is 2.11 bits per heavy atom. The fourth-order valence-electron chi connectivity index (χ4n) is 5.58. The molecule has 227 valence electrons. The molecule has 5 aromatic carbocycles. The van der Waals surface area contributed by atoms with Gasteiger partial charge in [-0.15, -0.1) is 12.1 Å². The summed E-state index contributed by atoms with van der Waals surface area (Å²) in [6, 6.07) is 50.0. The first-order valence-corrected chi connectivity index (χ1v) is 22.5. The normalized spacial score (nSPS) is 11.2. The van der Waals surface area contributed by atoms with Crippen molar-refractivity contribution in [2.24, 2.45) is 0 Å². The molecular weight excluding hydrogens is 801 g/mol. The molecule has 8 rings (SSSR count). The Kier molecular flexibility index (Phi) is 9.32. The van der Waals surface area contributed by atoms with Gasteiger partial charge in [0.25, 0.3) is 0 Å². The molecule has 0 aliphatic heterocycles. The average molecular weight is 834 g/mol. The molecule has 0 amide bonds. The summed E-state index contributed by atoms with van der Waals surface area (Å²) in [5, 5.41) is 4.49. The van der Waals surface area contributed by atoms with E-state index < -0.39 is 13.3 Å². The van der Waals surface area contributed by atoms with Crippen LogP contribution in [0.25, 0.3) is 66.4 Å².